The van der Waals surface area contributed by atoms with E-state index in [1.807, 2.05) is 0 Å². The second kappa shape index (κ2) is 34.1. The Bertz CT molecular complexity index is 609. The molecule has 234 valence electrons. The molecule has 0 bridgehead atoms. The van der Waals surface area contributed by atoms with Gasteiger partial charge < -0.3 is 4.55 Å². The quantitative estimate of drug-likeness (QED) is 0.0257. The Morgan fingerprint density at radius 2 is 0.875 bits per heavy atom. The smallest absolute Gasteiger partial charge is 0.726 e. The van der Waals surface area contributed by atoms with Crippen LogP contribution in [0.4, 0.5) is 0 Å². The van der Waals surface area contributed by atoms with E-state index in [2.05, 4.69) is 30.2 Å². The van der Waals surface area contributed by atoms with E-state index in [1.165, 1.54) is 161 Å². The van der Waals surface area contributed by atoms with Crippen LogP contribution in [0.15, 0.2) is 12.2 Å². The molecule has 0 radical (unpaired) electrons. The molecule has 0 aliphatic heterocycles. The molecule has 0 saturated carbocycles. The fourth-order valence-electron chi connectivity index (χ4n) is 5.40. The molecule has 0 saturated heterocycles. The van der Waals surface area contributed by atoms with Crippen molar-refractivity contribution in [3.8, 4) is 0 Å². The molecule has 0 aromatic carbocycles. The summed E-state index contributed by atoms with van der Waals surface area (Å²) >= 11 is 0. The van der Waals surface area contributed by atoms with Gasteiger partial charge in [-0.3, -0.25) is 4.18 Å². The molecule has 0 N–H and O–H groups in total. The summed E-state index contributed by atoms with van der Waals surface area (Å²) in [5, 5.41) is 0. The van der Waals surface area contributed by atoms with Crippen LogP contribution in [0.3, 0.4) is 0 Å². The Morgan fingerprint density at radius 3 is 1.23 bits per heavy atom. The van der Waals surface area contributed by atoms with Crippen molar-refractivity contribution >= 4 is 10.4 Å². The Balaban J connectivity index is 0. The summed E-state index contributed by atoms with van der Waals surface area (Å²) in [6.45, 7) is 4.53. The van der Waals surface area contributed by atoms with E-state index in [9.17, 15) is 13.0 Å². The van der Waals surface area contributed by atoms with Crippen molar-refractivity contribution < 1.29 is 46.7 Å². The van der Waals surface area contributed by atoms with Gasteiger partial charge in [0, 0.05) is 5.92 Å². The third-order valence-corrected chi connectivity index (χ3v) is 8.41. The van der Waals surface area contributed by atoms with Gasteiger partial charge >= 0.3 is 29.6 Å². The molecule has 4 nitrogen and oxygen atoms in total. The van der Waals surface area contributed by atoms with Crippen molar-refractivity contribution in [1.82, 2.24) is 0 Å². The van der Waals surface area contributed by atoms with Crippen LogP contribution in [0.5, 0.6) is 0 Å². The first-order chi connectivity index (χ1) is 19.0. The zero-order valence-electron chi connectivity index (χ0n) is 27.3. The van der Waals surface area contributed by atoms with E-state index >= 15 is 0 Å². The van der Waals surface area contributed by atoms with Crippen LogP contribution in [-0.4, -0.2) is 19.6 Å². The Labute approximate surface area is 273 Å². The molecule has 0 aromatic rings. The molecule has 1 atom stereocenters. The van der Waals surface area contributed by atoms with Gasteiger partial charge in [0.15, 0.2) is 0 Å². The zero-order chi connectivity index (χ0) is 28.7. The van der Waals surface area contributed by atoms with Gasteiger partial charge in [0.05, 0.1) is 6.61 Å². The largest absolute Gasteiger partial charge is 1.00 e. The fraction of sp³-hybridized carbons (Fsp3) is 0.941. The summed E-state index contributed by atoms with van der Waals surface area (Å²) in [6, 6.07) is 0. The van der Waals surface area contributed by atoms with Gasteiger partial charge in [-0.1, -0.05) is 187 Å². The standard InChI is InChI=1S/C34H68O4S.Na/c1-3-5-7-9-11-13-15-17-19-21-23-25-27-29-31-34(33-38-39(35,36)37)32-30-28-26-24-22-20-18-16-14-12-10-8-6-4-2;/h29,31,34H,3-28,30,32-33H2,1-2H3,(H,35,36,37);/q;+1/p-1/b31-29+;. The minimum absolute atomic E-state index is 0. The summed E-state index contributed by atoms with van der Waals surface area (Å²) in [4.78, 5) is 0. The van der Waals surface area contributed by atoms with Crippen molar-refractivity contribution in [2.45, 2.75) is 194 Å². The second-order valence-corrected chi connectivity index (χ2v) is 13.0. The Morgan fingerprint density at radius 1 is 0.550 bits per heavy atom. The minimum Gasteiger partial charge on any atom is -0.726 e. The van der Waals surface area contributed by atoms with Crippen molar-refractivity contribution in [3.05, 3.63) is 12.2 Å². The van der Waals surface area contributed by atoms with E-state index in [-0.39, 0.29) is 42.1 Å². The summed E-state index contributed by atoms with van der Waals surface area (Å²) < 4.78 is 37.4. The van der Waals surface area contributed by atoms with E-state index in [4.69, 9.17) is 0 Å². The summed E-state index contributed by atoms with van der Waals surface area (Å²) in [7, 11) is -4.62. The average Bonchev–Trinajstić information content (AvgIpc) is 2.91. The van der Waals surface area contributed by atoms with Crippen LogP contribution in [0.1, 0.15) is 194 Å². The monoisotopic (exact) mass is 594 g/mol. The van der Waals surface area contributed by atoms with Crippen LogP contribution in [0.2, 0.25) is 0 Å². The molecule has 1 unspecified atom stereocenters. The minimum atomic E-state index is -4.62. The van der Waals surface area contributed by atoms with E-state index in [0.717, 1.165) is 19.3 Å². The molecule has 0 heterocycles. The Hall–Kier alpha value is 0.610. The topological polar surface area (TPSA) is 66.4 Å². The molecule has 0 aliphatic rings. The molecular weight excluding hydrogens is 527 g/mol. The van der Waals surface area contributed by atoms with Gasteiger partial charge in [-0.25, -0.2) is 8.42 Å². The molecule has 0 aliphatic carbocycles. The molecule has 0 fully saturated rings. The van der Waals surface area contributed by atoms with E-state index in [0.29, 0.717) is 0 Å². The van der Waals surface area contributed by atoms with Crippen molar-refractivity contribution in [2.24, 2.45) is 5.92 Å². The Kier molecular flexibility index (Phi) is 36.4. The molecule has 0 amide bonds. The van der Waals surface area contributed by atoms with Gasteiger partial charge in [0.2, 0.25) is 10.4 Å². The van der Waals surface area contributed by atoms with E-state index in [1.54, 1.807) is 0 Å². The molecule has 0 aromatic heterocycles. The van der Waals surface area contributed by atoms with Crippen LogP contribution < -0.4 is 29.6 Å². The maximum Gasteiger partial charge on any atom is 1.00 e. The van der Waals surface area contributed by atoms with Gasteiger partial charge in [0.25, 0.3) is 0 Å². The zero-order valence-corrected chi connectivity index (χ0v) is 30.1. The molecule has 0 spiro atoms. The summed E-state index contributed by atoms with van der Waals surface area (Å²) in [5.74, 6) is 0.0170. The normalized spacial score (nSPS) is 12.7. The van der Waals surface area contributed by atoms with Gasteiger partial charge in [-0.05, 0) is 19.3 Å². The first-order valence-corrected chi connectivity index (χ1v) is 18.6. The predicted octanol–water partition coefficient (Wildman–Crippen LogP) is 8.60. The third-order valence-electron chi connectivity index (χ3n) is 7.99. The number of hydrogen-bond acceptors (Lipinski definition) is 4. The van der Waals surface area contributed by atoms with Crippen molar-refractivity contribution in [2.75, 3.05) is 6.61 Å². The van der Waals surface area contributed by atoms with Crippen LogP contribution in [-0.2, 0) is 14.6 Å². The van der Waals surface area contributed by atoms with Crippen molar-refractivity contribution in [1.29, 1.82) is 0 Å². The maximum absolute atomic E-state index is 10.9. The summed E-state index contributed by atoms with van der Waals surface area (Å²) in [6.07, 6.45) is 40.9. The SMILES string of the molecule is CCCCCCCCCCCCCC/C=C/C(CCCCCCCCCCCCCCCC)COS(=O)(=O)[O-].[Na+]. The van der Waals surface area contributed by atoms with Gasteiger partial charge in [-0.2, -0.15) is 0 Å². The van der Waals surface area contributed by atoms with Crippen LogP contribution >= 0.6 is 0 Å². The number of unbranched alkanes of at least 4 members (excludes halogenated alkanes) is 25. The summed E-state index contributed by atoms with van der Waals surface area (Å²) in [5.41, 5.74) is 0. The molecule has 0 rings (SSSR count). The predicted molar refractivity (Wildman–Crippen MR) is 169 cm³/mol. The van der Waals surface area contributed by atoms with Crippen LogP contribution in [0.25, 0.3) is 0 Å². The fourth-order valence-corrected chi connectivity index (χ4v) is 5.74. The van der Waals surface area contributed by atoms with Crippen molar-refractivity contribution in [3.63, 3.8) is 0 Å². The van der Waals surface area contributed by atoms with Gasteiger partial charge in [-0.15, -0.1) is 0 Å². The molecule has 40 heavy (non-hydrogen) atoms. The molecular formula is C34H67NaO4S. The third kappa shape index (κ3) is 36.6. The average molecular weight is 595 g/mol. The number of rotatable bonds is 32. The van der Waals surface area contributed by atoms with E-state index < -0.39 is 10.4 Å². The molecule has 6 heteroatoms. The first-order valence-electron chi connectivity index (χ1n) is 17.3. The van der Waals surface area contributed by atoms with Gasteiger partial charge in [0.1, 0.15) is 0 Å². The van der Waals surface area contributed by atoms with Crippen LogP contribution in [0, 0.1) is 5.92 Å². The second-order valence-electron chi connectivity index (χ2n) is 11.9. The number of hydrogen-bond donors (Lipinski definition) is 0. The first kappa shape index (κ1) is 42.7. The maximum atomic E-state index is 10.9. The number of allylic oxidation sites excluding steroid dienone is 1.